The number of aromatic amines is 1. The van der Waals surface area contributed by atoms with E-state index in [2.05, 4.69) is 9.97 Å². The summed E-state index contributed by atoms with van der Waals surface area (Å²) in [5.74, 6) is -1.81. The number of thiazole rings is 1. The molecule has 3 heterocycles. The molecule has 0 saturated carbocycles. The number of hydrogen-bond donors (Lipinski definition) is 2. The molecule has 4 atom stereocenters. The number of carbonyl (C=O) groups is 2. The highest BCUT2D eigenvalue weighted by Crippen LogP contribution is 2.35. The van der Waals surface area contributed by atoms with Crippen molar-refractivity contribution in [2.45, 2.75) is 24.6 Å². The molecule has 2 aromatic heterocycles. The van der Waals surface area contributed by atoms with Crippen molar-refractivity contribution in [2.24, 2.45) is 0 Å². The molecule has 3 N–H and O–H groups in total. The van der Waals surface area contributed by atoms with Crippen molar-refractivity contribution in [3.05, 3.63) is 91.8 Å². The average Bonchev–Trinajstić information content (AvgIpc) is 3.39. The lowest BCUT2D eigenvalue weighted by Crippen LogP contribution is -2.37. The van der Waals surface area contributed by atoms with E-state index in [1.54, 1.807) is 36.4 Å². The van der Waals surface area contributed by atoms with E-state index in [9.17, 15) is 19.2 Å². The van der Waals surface area contributed by atoms with Crippen molar-refractivity contribution < 1.29 is 28.2 Å². The third kappa shape index (κ3) is 4.73. The molecule has 4 aromatic rings. The maximum atomic E-state index is 15.9. The Kier molecular flexibility index (Phi) is 6.54. The molecule has 0 aliphatic carbocycles. The van der Waals surface area contributed by atoms with Crippen molar-refractivity contribution in [1.82, 2.24) is 14.5 Å². The molecule has 0 spiro atoms. The van der Waals surface area contributed by atoms with Gasteiger partial charge in [0.25, 0.3) is 5.56 Å². The number of nitrogens with zero attached hydrogens (tertiary/aromatic N) is 2. The van der Waals surface area contributed by atoms with Gasteiger partial charge in [0.2, 0.25) is 5.95 Å². The van der Waals surface area contributed by atoms with Gasteiger partial charge in [-0.3, -0.25) is 19.1 Å². The van der Waals surface area contributed by atoms with Crippen LogP contribution in [0.2, 0.25) is 0 Å². The van der Waals surface area contributed by atoms with E-state index < -0.39 is 53.6 Å². The first kappa shape index (κ1) is 24.3. The van der Waals surface area contributed by atoms with E-state index in [0.29, 0.717) is 11.3 Å². The van der Waals surface area contributed by atoms with Crippen LogP contribution >= 0.6 is 11.3 Å². The van der Waals surface area contributed by atoms with Gasteiger partial charge in [-0.05, 0) is 24.3 Å². The maximum absolute atomic E-state index is 15.9. The summed E-state index contributed by atoms with van der Waals surface area (Å²) in [5.41, 5.74) is 5.19. The molecule has 1 aliphatic rings. The third-order valence-corrected chi connectivity index (χ3v) is 6.60. The van der Waals surface area contributed by atoms with Crippen molar-refractivity contribution in [3.63, 3.8) is 0 Å². The second-order valence-electron chi connectivity index (χ2n) is 8.05. The van der Waals surface area contributed by atoms with Crippen LogP contribution in [0.4, 0.5) is 10.3 Å². The fourth-order valence-corrected chi connectivity index (χ4v) is 4.77. The van der Waals surface area contributed by atoms with E-state index >= 15 is 4.39 Å². The number of nitrogens with one attached hydrogen (secondary N) is 1. The predicted octanol–water partition coefficient (Wildman–Crippen LogP) is 2.05. The molecule has 0 radical (unpaired) electrons. The molecular formula is C24H19FN4O7S. The minimum absolute atomic E-state index is 0.0771. The zero-order valence-corrected chi connectivity index (χ0v) is 19.7. The van der Waals surface area contributed by atoms with Crippen molar-refractivity contribution in [3.8, 4) is 0 Å². The van der Waals surface area contributed by atoms with Gasteiger partial charge in [0.15, 0.2) is 24.2 Å². The van der Waals surface area contributed by atoms with Crippen LogP contribution in [-0.2, 0) is 14.2 Å². The molecule has 1 saturated heterocycles. The Hall–Kier alpha value is -4.36. The standard InChI is InChI=1S/C24H19FN4O7S/c25-15-16(36-22(32)13-9-5-2-6-10-13)14(11-34-21(31)12-7-3-1-4-8-12)35-20(15)29-18-17(37-24(29)33)19(30)28-23(26)27-18/h1-10,14-16,20H,11H2,(H3,26,27,28,30)/t14-,15-,16-,20-/m1/s1. The summed E-state index contributed by atoms with van der Waals surface area (Å²) in [6, 6.07) is 16.0. The quantitative estimate of drug-likeness (QED) is 0.359. The van der Waals surface area contributed by atoms with Gasteiger partial charge in [-0.2, -0.15) is 4.98 Å². The summed E-state index contributed by atoms with van der Waals surface area (Å²) in [7, 11) is 0. The Labute approximate surface area is 211 Å². The molecule has 5 rings (SSSR count). The normalized spacial score (nSPS) is 21.1. The molecule has 1 fully saturated rings. The van der Waals surface area contributed by atoms with Crippen LogP contribution in [0.15, 0.2) is 70.3 Å². The smallest absolute Gasteiger partial charge is 0.338 e. The molecule has 0 amide bonds. The van der Waals surface area contributed by atoms with Crippen molar-refractivity contribution in [1.29, 1.82) is 0 Å². The summed E-state index contributed by atoms with van der Waals surface area (Å²) < 4.78 is 33.1. The minimum Gasteiger partial charge on any atom is -0.459 e. The van der Waals surface area contributed by atoms with Gasteiger partial charge in [-0.25, -0.2) is 14.0 Å². The number of esters is 2. The van der Waals surface area contributed by atoms with Crippen LogP contribution in [0.25, 0.3) is 10.3 Å². The SMILES string of the molecule is Nc1nc2c(sc(=O)n2[C@@H]2O[C@H](COC(=O)c3ccccc3)[C@@H](OC(=O)c3ccccc3)[C@H]2F)c(=O)[nH]1. The number of halogens is 1. The van der Waals surface area contributed by atoms with Gasteiger partial charge < -0.3 is 19.9 Å². The van der Waals surface area contributed by atoms with E-state index in [-0.39, 0.29) is 27.4 Å². The number of nitrogens with two attached hydrogens (primary N) is 1. The third-order valence-electron chi connectivity index (χ3n) is 5.65. The van der Waals surface area contributed by atoms with Gasteiger partial charge >= 0.3 is 16.8 Å². The fraction of sp³-hybridized carbons (Fsp3) is 0.208. The Morgan fingerprint density at radius 3 is 2.32 bits per heavy atom. The number of anilines is 1. The molecule has 190 valence electrons. The van der Waals surface area contributed by atoms with Crippen molar-refractivity contribution in [2.75, 3.05) is 12.3 Å². The summed E-state index contributed by atoms with van der Waals surface area (Å²) >= 11 is 0.538. The summed E-state index contributed by atoms with van der Waals surface area (Å²) in [4.78, 5) is 55.7. The Morgan fingerprint density at radius 2 is 1.68 bits per heavy atom. The van der Waals surface area contributed by atoms with Crippen LogP contribution in [0.1, 0.15) is 26.9 Å². The molecule has 0 unspecified atom stereocenters. The number of alkyl halides is 1. The van der Waals surface area contributed by atoms with Crippen LogP contribution in [0.3, 0.4) is 0 Å². The molecule has 37 heavy (non-hydrogen) atoms. The molecule has 2 aromatic carbocycles. The number of carbonyl (C=O) groups excluding carboxylic acids is 2. The molecule has 0 bridgehead atoms. The van der Waals surface area contributed by atoms with Gasteiger partial charge in [-0.1, -0.05) is 47.7 Å². The largest absolute Gasteiger partial charge is 0.459 e. The summed E-state index contributed by atoms with van der Waals surface area (Å²) in [5, 5.41) is 0. The van der Waals surface area contributed by atoms with Gasteiger partial charge in [0.1, 0.15) is 17.4 Å². The second kappa shape index (κ2) is 9.95. The van der Waals surface area contributed by atoms with E-state index in [4.69, 9.17) is 19.9 Å². The highest BCUT2D eigenvalue weighted by Gasteiger charge is 2.50. The summed E-state index contributed by atoms with van der Waals surface area (Å²) in [6.07, 6.45) is -6.54. The first-order chi connectivity index (χ1) is 17.8. The lowest BCUT2D eigenvalue weighted by molar-refractivity contribution is -0.0574. The molecule has 13 heteroatoms. The van der Waals surface area contributed by atoms with Crippen LogP contribution in [0.5, 0.6) is 0 Å². The highest BCUT2D eigenvalue weighted by molar-refractivity contribution is 7.16. The minimum atomic E-state index is -2.08. The Morgan fingerprint density at radius 1 is 1.05 bits per heavy atom. The first-order valence-electron chi connectivity index (χ1n) is 11.0. The lowest BCUT2D eigenvalue weighted by Gasteiger charge is -2.19. The van der Waals surface area contributed by atoms with Gasteiger partial charge in [-0.15, -0.1) is 0 Å². The highest BCUT2D eigenvalue weighted by atomic mass is 32.1. The lowest BCUT2D eigenvalue weighted by atomic mass is 10.1. The molecular weight excluding hydrogens is 507 g/mol. The van der Waals surface area contributed by atoms with Gasteiger partial charge in [0, 0.05) is 0 Å². The molecule has 1 aliphatic heterocycles. The van der Waals surface area contributed by atoms with Crippen LogP contribution in [-0.4, -0.2) is 51.5 Å². The number of benzene rings is 2. The number of H-pyrrole nitrogens is 1. The van der Waals surface area contributed by atoms with Crippen LogP contribution in [0, 0.1) is 0 Å². The molecule has 11 nitrogen and oxygen atoms in total. The van der Waals surface area contributed by atoms with Crippen LogP contribution < -0.4 is 16.2 Å². The fourth-order valence-electron chi connectivity index (χ4n) is 3.93. The number of nitrogen functional groups attached to an aromatic ring is 1. The first-order valence-corrected chi connectivity index (χ1v) is 11.8. The number of hydrogen-bond acceptors (Lipinski definition) is 10. The Bertz CT molecular complexity index is 1570. The topological polar surface area (TPSA) is 156 Å². The zero-order valence-electron chi connectivity index (χ0n) is 18.9. The number of ether oxygens (including phenoxy) is 3. The second-order valence-corrected chi connectivity index (χ2v) is 9.01. The average molecular weight is 527 g/mol. The Balaban J connectivity index is 1.46. The van der Waals surface area contributed by atoms with E-state index in [1.165, 1.54) is 24.3 Å². The predicted molar refractivity (Wildman–Crippen MR) is 130 cm³/mol. The van der Waals surface area contributed by atoms with E-state index in [1.807, 2.05) is 0 Å². The zero-order chi connectivity index (χ0) is 26.1. The summed E-state index contributed by atoms with van der Waals surface area (Å²) in [6.45, 7) is -0.482. The van der Waals surface area contributed by atoms with Crippen molar-refractivity contribution >= 4 is 39.6 Å². The number of fused-ring (bicyclic) bond motifs is 1. The number of aromatic nitrogens is 3. The number of rotatable bonds is 6. The maximum Gasteiger partial charge on any atom is 0.338 e. The monoisotopic (exact) mass is 526 g/mol. The van der Waals surface area contributed by atoms with E-state index in [0.717, 1.165) is 4.57 Å². The van der Waals surface area contributed by atoms with Gasteiger partial charge in [0.05, 0.1) is 11.1 Å².